The molecular formula is C29H30N2O5. The molecule has 0 saturated heterocycles. The maximum Gasteiger partial charge on any atom is 0.264 e. The van der Waals surface area contributed by atoms with Gasteiger partial charge in [0.2, 0.25) is 6.41 Å². The molecule has 3 aromatic carbocycles. The van der Waals surface area contributed by atoms with Gasteiger partial charge in [-0.1, -0.05) is 49.4 Å². The predicted octanol–water partition coefficient (Wildman–Crippen LogP) is 4.30. The van der Waals surface area contributed by atoms with E-state index in [1.165, 1.54) is 0 Å². The molecule has 3 aromatic rings. The van der Waals surface area contributed by atoms with E-state index < -0.39 is 17.4 Å². The SMILES string of the molecule is COc1ccc2c(c1)[C@](O)([C@@H](C)/C=C/CCO)C(=O)N2Cc1ccc(N(C=O)c2ccccc2)cc1. The number of fused-ring (bicyclic) bond motifs is 1. The summed E-state index contributed by atoms with van der Waals surface area (Å²) in [5.74, 6) is -0.399. The van der Waals surface area contributed by atoms with Crippen molar-refractivity contribution < 1.29 is 24.5 Å². The number of aliphatic hydroxyl groups excluding tert-OH is 1. The number of hydrogen-bond acceptors (Lipinski definition) is 5. The molecule has 0 aromatic heterocycles. The minimum Gasteiger partial charge on any atom is -0.497 e. The number of amides is 2. The van der Waals surface area contributed by atoms with E-state index in [-0.39, 0.29) is 13.2 Å². The number of ether oxygens (including phenoxy) is 1. The Morgan fingerprint density at radius 1 is 1.06 bits per heavy atom. The summed E-state index contributed by atoms with van der Waals surface area (Å²) in [6, 6.07) is 22.0. The molecule has 1 aliphatic rings. The third kappa shape index (κ3) is 4.63. The molecule has 0 saturated carbocycles. The topological polar surface area (TPSA) is 90.3 Å². The van der Waals surface area contributed by atoms with E-state index in [4.69, 9.17) is 9.84 Å². The summed E-state index contributed by atoms with van der Waals surface area (Å²) < 4.78 is 5.36. The van der Waals surface area contributed by atoms with Gasteiger partial charge in [-0.25, -0.2) is 0 Å². The Morgan fingerprint density at radius 3 is 2.39 bits per heavy atom. The molecule has 0 aliphatic carbocycles. The number of methoxy groups -OCH3 is 1. The average molecular weight is 487 g/mol. The maximum absolute atomic E-state index is 13.7. The van der Waals surface area contributed by atoms with Crippen LogP contribution in [0.3, 0.4) is 0 Å². The van der Waals surface area contributed by atoms with E-state index in [9.17, 15) is 14.7 Å². The van der Waals surface area contributed by atoms with E-state index in [1.54, 1.807) is 54.2 Å². The molecule has 0 unspecified atom stereocenters. The Bertz CT molecular complexity index is 1240. The van der Waals surface area contributed by atoms with Gasteiger partial charge < -0.3 is 19.8 Å². The quantitative estimate of drug-likeness (QED) is 0.329. The largest absolute Gasteiger partial charge is 0.497 e. The number of carbonyl (C=O) groups excluding carboxylic acids is 2. The van der Waals surface area contributed by atoms with Gasteiger partial charge in [-0.15, -0.1) is 0 Å². The number of carbonyl (C=O) groups is 2. The fourth-order valence-electron chi connectivity index (χ4n) is 4.53. The van der Waals surface area contributed by atoms with Crippen molar-refractivity contribution in [2.75, 3.05) is 23.5 Å². The van der Waals surface area contributed by atoms with Crippen molar-refractivity contribution >= 4 is 29.4 Å². The molecule has 4 rings (SSSR count). The summed E-state index contributed by atoms with van der Waals surface area (Å²) in [6.45, 7) is 2.03. The molecule has 0 bridgehead atoms. The molecule has 36 heavy (non-hydrogen) atoms. The van der Waals surface area contributed by atoms with Crippen LogP contribution in [0.25, 0.3) is 0 Å². The van der Waals surface area contributed by atoms with Gasteiger partial charge in [0.05, 0.1) is 19.3 Å². The lowest BCUT2D eigenvalue weighted by atomic mass is 9.83. The average Bonchev–Trinajstić information content (AvgIpc) is 3.12. The Hall–Kier alpha value is -3.94. The minimum absolute atomic E-state index is 0.00602. The first-order chi connectivity index (χ1) is 17.4. The Balaban J connectivity index is 1.64. The van der Waals surface area contributed by atoms with Crippen molar-refractivity contribution in [3.8, 4) is 5.75 Å². The highest BCUT2D eigenvalue weighted by molar-refractivity contribution is 6.07. The molecule has 186 valence electrons. The zero-order valence-corrected chi connectivity index (χ0v) is 20.4. The highest BCUT2D eigenvalue weighted by atomic mass is 16.5. The van der Waals surface area contributed by atoms with Crippen LogP contribution in [0, 0.1) is 5.92 Å². The summed E-state index contributed by atoms with van der Waals surface area (Å²) in [7, 11) is 1.54. The van der Waals surface area contributed by atoms with Crippen LogP contribution < -0.4 is 14.5 Å². The minimum atomic E-state index is -1.77. The molecule has 0 radical (unpaired) electrons. The Kier molecular flexibility index (Phi) is 7.52. The van der Waals surface area contributed by atoms with Gasteiger partial charge in [0.25, 0.3) is 5.91 Å². The normalized spacial score (nSPS) is 17.8. The van der Waals surface area contributed by atoms with E-state index in [2.05, 4.69) is 0 Å². The van der Waals surface area contributed by atoms with Gasteiger partial charge >= 0.3 is 0 Å². The third-order valence-corrected chi connectivity index (χ3v) is 6.55. The van der Waals surface area contributed by atoms with Crippen LogP contribution in [0.2, 0.25) is 0 Å². The number of hydrogen-bond donors (Lipinski definition) is 2. The predicted molar refractivity (Wildman–Crippen MR) is 139 cm³/mol. The lowest BCUT2D eigenvalue weighted by Gasteiger charge is -2.28. The molecule has 2 atom stereocenters. The van der Waals surface area contributed by atoms with Gasteiger partial charge in [0.15, 0.2) is 5.60 Å². The van der Waals surface area contributed by atoms with Crippen LogP contribution in [0.4, 0.5) is 17.1 Å². The smallest absolute Gasteiger partial charge is 0.264 e. The van der Waals surface area contributed by atoms with Crippen molar-refractivity contribution in [1.29, 1.82) is 0 Å². The van der Waals surface area contributed by atoms with Crippen molar-refractivity contribution in [1.82, 2.24) is 0 Å². The molecule has 7 nitrogen and oxygen atoms in total. The number of benzene rings is 3. The lowest BCUT2D eigenvalue weighted by Crippen LogP contribution is -2.44. The van der Waals surface area contributed by atoms with Gasteiger partial charge in [0, 0.05) is 29.5 Å². The Labute approximate surface area is 210 Å². The van der Waals surface area contributed by atoms with Crippen molar-refractivity contribution in [2.45, 2.75) is 25.5 Å². The van der Waals surface area contributed by atoms with Crippen LogP contribution in [0.1, 0.15) is 24.5 Å². The fourth-order valence-corrected chi connectivity index (χ4v) is 4.53. The highest BCUT2D eigenvalue weighted by Crippen LogP contribution is 2.47. The molecule has 1 heterocycles. The van der Waals surface area contributed by atoms with Crippen LogP contribution in [0.15, 0.2) is 84.9 Å². The second kappa shape index (κ2) is 10.8. The van der Waals surface area contributed by atoms with Crippen molar-refractivity contribution in [3.05, 3.63) is 96.1 Å². The summed E-state index contributed by atoms with van der Waals surface area (Å²) in [6.07, 6.45) is 4.73. The van der Waals surface area contributed by atoms with Crippen LogP contribution in [-0.2, 0) is 21.7 Å². The molecule has 1 aliphatic heterocycles. The monoisotopic (exact) mass is 486 g/mol. The zero-order chi connectivity index (χ0) is 25.7. The second-order valence-corrected chi connectivity index (χ2v) is 8.75. The van der Waals surface area contributed by atoms with Crippen molar-refractivity contribution in [2.24, 2.45) is 5.92 Å². The fraction of sp³-hybridized carbons (Fsp3) is 0.241. The molecule has 2 amide bonds. The summed E-state index contributed by atoms with van der Waals surface area (Å²) in [4.78, 5) is 28.5. The number of para-hydroxylation sites is 1. The molecule has 2 N–H and O–H groups in total. The van der Waals surface area contributed by atoms with E-state index >= 15 is 0 Å². The summed E-state index contributed by atoms with van der Waals surface area (Å²) in [5, 5.41) is 20.8. The first-order valence-electron chi connectivity index (χ1n) is 11.8. The molecular weight excluding hydrogens is 456 g/mol. The number of aliphatic hydroxyl groups is 2. The molecule has 0 spiro atoms. The first-order valence-corrected chi connectivity index (χ1v) is 11.8. The maximum atomic E-state index is 13.7. The number of anilines is 3. The molecule has 7 heteroatoms. The highest BCUT2D eigenvalue weighted by Gasteiger charge is 2.52. The summed E-state index contributed by atoms with van der Waals surface area (Å²) in [5.41, 5.74) is 1.65. The number of rotatable bonds is 10. The van der Waals surface area contributed by atoms with E-state index in [0.717, 1.165) is 17.7 Å². The number of nitrogens with zero attached hydrogens (tertiary/aromatic N) is 2. The van der Waals surface area contributed by atoms with Crippen molar-refractivity contribution in [3.63, 3.8) is 0 Å². The third-order valence-electron chi connectivity index (χ3n) is 6.55. The van der Waals surface area contributed by atoms with Gasteiger partial charge in [-0.2, -0.15) is 0 Å². The van der Waals surface area contributed by atoms with Gasteiger partial charge in [0.1, 0.15) is 5.75 Å². The molecule has 0 fully saturated rings. The standard InChI is InChI=1S/C29H30N2O5/c1-21(8-6-7-17-32)29(35)26-18-25(36-2)15-16-27(26)30(28(29)34)19-22-11-13-24(14-12-22)31(20-33)23-9-4-3-5-10-23/h3-6,8-16,18,20-21,32,35H,7,17,19H2,1-2H3/b8-6+/t21-,29+/m0/s1. The van der Waals surface area contributed by atoms with Crippen LogP contribution >= 0.6 is 0 Å². The summed E-state index contributed by atoms with van der Waals surface area (Å²) >= 11 is 0. The van der Waals surface area contributed by atoms with Gasteiger partial charge in [-0.05, 0) is 54.4 Å². The lowest BCUT2D eigenvalue weighted by molar-refractivity contribution is -0.139. The van der Waals surface area contributed by atoms with Crippen LogP contribution in [-0.4, -0.2) is 36.2 Å². The Morgan fingerprint density at radius 2 is 1.75 bits per heavy atom. The van der Waals surface area contributed by atoms with Crippen LogP contribution in [0.5, 0.6) is 5.75 Å². The zero-order valence-electron chi connectivity index (χ0n) is 20.4. The van der Waals surface area contributed by atoms with E-state index in [1.807, 2.05) is 54.6 Å². The first kappa shape index (κ1) is 25.2. The van der Waals surface area contributed by atoms with Gasteiger partial charge in [-0.3, -0.25) is 14.5 Å². The van der Waals surface area contributed by atoms with E-state index in [0.29, 0.717) is 29.1 Å². The second-order valence-electron chi connectivity index (χ2n) is 8.75.